The summed E-state index contributed by atoms with van der Waals surface area (Å²) in [4.78, 5) is 25.2. The molecule has 0 amide bonds. The van der Waals surface area contributed by atoms with E-state index < -0.39 is 0 Å². The van der Waals surface area contributed by atoms with E-state index in [1.807, 2.05) is 0 Å². The third kappa shape index (κ3) is 2.97. The van der Waals surface area contributed by atoms with E-state index in [1.54, 1.807) is 36.4 Å². The molecule has 3 rings (SSSR count). The summed E-state index contributed by atoms with van der Waals surface area (Å²) in [5.74, 6) is -0.409. The van der Waals surface area contributed by atoms with Gasteiger partial charge in [-0.25, -0.2) is 0 Å². The van der Waals surface area contributed by atoms with Crippen LogP contribution in [0.4, 0.5) is 0 Å². The second-order valence-electron chi connectivity index (χ2n) is 4.13. The molecule has 0 fully saturated rings. The summed E-state index contributed by atoms with van der Waals surface area (Å²) in [7, 11) is 0. The molecule has 0 N–H and O–H groups in total. The standard InChI is InChI=1S/C14H8O5S.Na/c15-13-9-3-1-2-4-10(9)14(16)12-7-8(20-19-18-17)5-6-11(12)13;/h1-7,17H;/q;+1/p-1. The molecule has 0 heterocycles. The van der Waals surface area contributed by atoms with Crippen LogP contribution in [0.2, 0.25) is 0 Å². The van der Waals surface area contributed by atoms with E-state index in [0.717, 1.165) is 0 Å². The number of rotatable bonds is 3. The second-order valence-corrected chi connectivity index (χ2v) is 4.90. The van der Waals surface area contributed by atoms with E-state index in [4.69, 9.17) is 0 Å². The number of carbonyl (C=O) groups excluding carboxylic acids is 2. The molecule has 100 valence electrons. The summed E-state index contributed by atoms with van der Waals surface area (Å²) in [6, 6.07) is 11.3. The molecule has 0 aromatic heterocycles. The quantitative estimate of drug-likeness (QED) is 0.259. The first kappa shape index (κ1) is 16.4. The summed E-state index contributed by atoms with van der Waals surface area (Å²) in [6.45, 7) is 0. The van der Waals surface area contributed by atoms with Crippen molar-refractivity contribution in [3.05, 3.63) is 64.7 Å². The molecule has 0 saturated heterocycles. The van der Waals surface area contributed by atoms with Gasteiger partial charge in [0.2, 0.25) is 0 Å². The molecule has 0 spiro atoms. The van der Waals surface area contributed by atoms with Crippen molar-refractivity contribution in [3.8, 4) is 0 Å². The molecule has 21 heavy (non-hydrogen) atoms. The summed E-state index contributed by atoms with van der Waals surface area (Å²) in [6.07, 6.45) is 0. The van der Waals surface area contributed by atoms with Crippen molar-refractivity contribution in [3.63, 3.8) is 0 Å². The smallest absolute Gasteiger partial charge is 0.691 e. The Morgan fingerprint density at radius 3 is 2.05 bits per heavy atom. The Hall–Kier alpha value is -0.990. The van der Waals surface area contributed by atoms with Crippen molar-refractivity contribution in [1.29, 1.82) is 0 Å². The van der Waals surface area contributed by atoms with Crippen LogP contribution in [0.25, 0.3) is 0 Å². The van der Waals surface area contributed by atoms with Crippen molar-refractivity contribution in [1.82, 2.24) is 0 Å². The Labute approximate surface area is 146 Å². The number of fused-ring (bicyclic) bond motifs is 2. The minimum atomic E-state index is -0.222. The minimum absolute atomic E-state index is 0. The fraction of sp³-hybridized carbons (Fsp3) is 0. The van der Waals surface area contributed by atoms with Crippen LogP contribution in [0.1, 0.15) is 31.8 Å². The molecule has 0 aliphatic heterocycles. The van der Waals surface area contributed by atoms with Crippen LogP contribution in [0.5, 0.6) is 0 Å². The van der Waals surface area contributed by atoms with Crippen LogP contribution in [0.15, 0.2) is 47.4 Å². The molecular weight excluding hydrogens is 303 g/mol. The van der Waals surface area contributed by atoms with Crippen LogP contribution in [0.3, 0.4) is 0 Å². The largest absolute Gasteiger partial charge is 1.00 e. The van der Waals surface area contributed by atoms with Crippen LogP contribution in [0, 0.1) is 0 Å². The van der Waals surface area contributed by atoms with E-state index in [-0.39, 0.29) is 41.1 Å². The third-order valence-corrected chi connectivity index (χ3v) is 3.62. The minimum Gasteiger partial charge on any atom is -0.691 e. The van der Waals surface area contributed by atoms with Crippen molar-refractivity contribution < 1.29 is 53.8 Å². The maximum Gasteiger partial charge on any atom is 1.00 e. The fourth-order valence-corrected chi connectivity index (χ4v) is 2.58. The molecule has 7 heteroatoms. The van der Waals surface area contributed by atoms with Gasteiger partial charge in [-0.1, -0.05) is 24.3 Å². The molecule has 0 bridgehead atoms. The summed E-state index contributed by atoms with van der Waals surface area (Å²) >= 11 is 0.680. The van der Waals surface area contributed by atoms with E-state index in [1.165, 1.54) is 6.07 Å². The van der Waals surface area contributed by atoms with Crippen molar-refractivity contribution in [2.75, 3.05) is 0 Å². The molecule has 1 aliphatic carbocycles. The zero-order chi connectivity index (χ0) is 14.1. The Morgan fingerprint density at radius 2 is 1.43 bits per heavy atom. The van der Waals surface area contributed by atoms with E-state index >= 15 is 0 Å². The van der Waals surface area contributed by atoms with Gasteiger partial charge in [0.1, 0.15) is 0 Å². The summed E-state index contributed by atoms with van der Waals surface area (Å²) in [5, 5.41) is 13.1. The zero-order valence-electron chi connectivity index (χ0n) is 11.0. The summed E-state index contributed by atoms with van der Waals surface area (Å²) < 4.78 is 4.21. The molecule has 2 aromatic rings. The number of ketones is 2. The SMILES string of the molecule is O=C1c2ccccc2C(=O)c2cc(SOO[O-])ccc21.[Na+]. The van der Waals surface area contributed by atoms with Gasteiger partial charge in [-0.05, 0) is 18.2 Å². The Kier molecular flexibility index (Phi) is 5.34. The van der Waals surface area contributed by atoms with Crippen LogP contribution in [-0.2, 0) is 9.37 Å². The fourth-order valence-electron chi connectivity index (χ4n) is 2.18. The van der Waals surface area contributed by atoms with E-state index in [2.05, 4.69) is 9.37 Å². The second kappa shape index (κ2) is 6.85. The van der Waals surface area contributed by atoms with Crippen molar-refractivity contribution in [2.24, 2.45) is 0 Å². The molecule has 0 radical (unpaired) electrons. The Balaban J connectivity index is 0.00000161. The Bertz CT molecular complexity index is 716. The molecule has 1 aliphatic rings. The number of hydrogen-bond donors (Lipinski definition) is 0. The Morgan fingerprint density at radius 1 is 0.857 bits per heavy atom. The van der Waals surface area contributed by atoms with Crippen LogP contribution >= 0.6 is 12.0 Å². The number of benzene rings is 2. The molecule has 0 unspecified atom stereocenters. The molecular formula is C14H7NaO5S. The predicted octanol–water partition coefficient (Wildman–Crippen LogP) is -1.30. The normalized spacial score (nSPS) is 12.4. The van der Waals surface area contributed by atoms with Gasteiger partial charge in [-0.3, -0.25) is 14.6 Å². The monoisotopic (exact) mass is 310 g/mol. The van der Waals surface area contributed by atoms with E-state index in [9.17, 15) is 14.8 Å². The maximum atomic E-state index is 12.4. The first-order valence-electron chi connectivity index (χ1n) is 5.68. The maximum absolute atomic E-state index is 12.4. The zero-order valence-corrected chi connectivity index (χ0v) is 13.8. The predicted molar refractivity (Wildman–Crippen MR) is 67.8 cm³/mol. The van der Waals surface area contributed by atoms with Crippen LogP contribution in [-0.4, -0.2) is 11.6 Å². The third-order valence-electron chi connectivity index (χ3n) is 3.05. The number of hydrogen-bond acceptors (Lipinski definition) is 6. The average molecular weight is 310 g/mol. The molecule has 0 atom stereocenters. The average Bonchev–Trinajstić information content (AvgIpc) is 2.50. The van der Waals surface area contributed by atoms with Crippen LogP contribution < -0.4 is 34.8 Å². The van der Waals surface area contributed by atoms with Gasteiger partial charge in [0.05, 0.1) is 12.0 Å². The van der Waals surface area contributed by atoms with Gasteiger partial charge in [0, 0.05) is 27.1 Å². The number of carbonyl (C=O) groups is 2. The summed E-state index contributed by atoms with van der Waals surface area (Å²) in [5.41, 5.74) is 1.44. The van der Waals surface area contributed by atoms with Crippen molar-refractivity contribution in [2.45, 2.75) is 4.90 Å². The van der Waals surface area contributed by atoms with Crippen molar-refractivity contribution >= 4 is 23.6 Å². The van der Waals surface area contributed by atoms with Gasteiger partial charge in [0.15, 0.2) is 11.6 Å². The first-order valence-corrected chi connectivity index (χ1v) is 6.42. The molecule has 0 saturated carbocycles. The van der Waals surface area contributed by atoms with Gasteiger partial charge < -0.3 is 5.26 Å². The van der Waals surface area contributed by atoms with Gasteiger partial charge in [-0.15, -0.1) is 0 Å². The first-order chi connectivity index (χ1) is 9.72. The van der Waals surface area contributed by atoms with Gasteiger partial charge in [0.25, 0.3) is 0 Å². The topological polar surface area (TPSA) is 75.7 Å². The molecule has 5 nitrogen and oxygen atoms in total. The van der Waals surface area contributed by atoms with Gasteiger partial charge >= 0.3 is 29.6 Å². The molecule has 2 aromatic carbocycles. The van der Waals surface area contributed by atoms with Gasteiger partial charge in [-0.2, -0.15) is 4.33 Å². The van der Waals surface area contributed by atoms with E-state index in [0.29, 0.717) is 39.2 Å².